The van der Waals surface area contributed by atoms with Gasteiger partial charge in [-0.15, -0.1) is 0 Å². The van der Waals surface area contributed by atoms with Crippen LogP contribution in [0.5, 0.6) is 5.75 Å². The number of methoxy groups -OCH3 is 1. The van der Waals surface area contributed by atoms with E-state index >= 15 is 0 Å². The van der Waals surface area contributed by atoms with Crippen LogP contribution in [0.25, 0.3) is 0 Å². The summed E-state index contributed by atoms with van der Waals surface area (Å²) in [5.41, 5.74) is 1.37. The van der Waals surface area contributed by atoms with Crippen LogP contribution in [0.3, 0.4) is 0 Å². The summed E-state index contributed by atoms with van der Waals surface area (Å²) in [4.78, 5) is 0. The second-order valence-corrected chi connectivity index (χ2v) is 5.77. The van der Waals surface area contributed by atoms with E-state index in [-0.39, 0.29) is 0 Å². The standard InChI is InChI=1S/C16H26BrNO/c1-4-11-18-14(5-2)8-6-7-13-9-10-16(19-3)15(17)12-13/h9-10,12,14,18H,4-8,11H2,1-3H3. The molecule has 0 radical (unpaired) electrons. The topological polar surface area (TPSA) is 21.3 Å². The predicted molar refractivity (Wildman–Crippen MR) is 86.0 cm³/mol. The smallest absolute Gasteiger partial charge is 0.133 e. The highest BCUT2D eigenvalue weighted by Gasteiger charge is 2.06. The summed E-state index contributed by atoms with van der Waals surface area (Å²) >= 11 is 3.54. The van der Waals surface area contributed by atoms with Gasteiger partial charge in [0.15, 0.2) is 0 Å². The summed E-state index contributed by atoms with van der Waals surface area (Å²) in [5, 5.41) is 3.61. The summed E-state index contributed by atoms with van der Waals surface area (Å²) in [7, 11) is 1.70. The average Bonchev–Trinajstić information content (AvgIpc) is 2.42. The Morgan fingerprint density at radius 2 is 2.11 bits per heavy atom. The molecule has 2 nitrogen and oxygen atoms in total. The van der Waals surface area contributed by atoms with Crippen molar-refractivity contribution in [2.24, 2.45) is 0 Å². The van der Waals surface area contributed by atoms with E-state index in [4.69, 9.17) is 4.74 Å². The number of aryl methyl sites for hydroxylation is 1. The summed E-state index contributed by atoms with van der Waals surface area (Å²) < 4.78 is 6.29. The van der Waals surface area contributed by atoms with Gasteiger partial charge in [0, 0.05) is 6.04 Å². The van der Waals surface area contributed by atoms with E-state index in [9.17, 15) is 0 Å². The third-order valence-electron chi connectivity index (χ3n) is 3.41. The first-order valence-electron chi connectivity index (χ1n) is 7.27. The molecule has 1 unspecified atom stereocenters. The SMILES string of the molecule is CCCNC(CC)CCCc1ccc(OC)c(Br)c1. The zero-order chi connectivity index (χ0) is 14.1. The summed E-state index contributed by atoms with van der Waals surface area (Å²) in [6.07, 6.45) is 6.04. The predicted octanol–water partition coefficient (Wildman–Crippen LogP) is 4.56. The van der Waals surface area contributed by atoms with Crippen molar-refractivity contribution >= 4 is 15.9 Å². The van der Waals surface area contributed by atoms with Crippen molar-refractivity contribution in [3.63, 3.8) is 0 Å². The van der Waals surface area contributed by atoms with Gasteiger partial charge in [-0.2, -0.15) is 0 Å². The molecule has 0 fully saturated rings. The Labute approximate surface area is 126 Å². The minimum absolute atomic E-state index is 0.668. The minimum atomic E-state index is 0.668. The lowest BCUT2D eigenvalue weighted by Crippen LogP contribution is -2.29. The first kappa shape index (κ1) is 16.5. The van der Waals surface area contributed by atoms with Crippen LogP contribution in [0.2, 0.25) is 0 Å². The molecule has 0 bridgehead atoms. The maximum Gasteiger partial charge on any atom is 0.133 e. The number of halogens is 1. The molecule has 0 aliphatic carbocycles. The molecule has 0 spiro atoms. The van der Waals surface area contributed by atoms with Gasteiger partial charge in [-0.05, 0) is 72.3 Å². The van der Waals surface area contributed by atoms with Crippen LogP contribution in [-0.2, 0) is 6.42 Å². The molecule has 108 valence electrons. The minimum Gasteiger partial charge on any atom is -0.496 e. The molecule has 0 amide bonds. The van der Waals surface area contributed by atoms with E-state index in [0.717, 1.165) is 23.2 Å². The summed E-state index contributed by atoms with van der Waals surface area (Å²) in [6.45, 7) is 5.61. The number of nitrogens with one attached hydrogen (secondary N) is 1. The van der Waals surface area contributed by atoms with Crippen molar-refractivity contribution in [2.75, 3.05) is 13.7 Å². The molecule has 0 saturated heterocycles. The van der Waals surface area contributed by atoms with Crippen molar-refractivity contribution < 1.29 is 4.74 Å². The number of hydrogen-bond donors (Lipinski definition) is 1. The van der Waals surface area contributed by atoms with Gasteiger partial charge < -0.3 is 10.1 Å². The maximum atomic E-state index is 5.25. The van der Waals surface area contributed by atoms with Crippen LogP contribution in [-0.4, -0.2) is 19.7 Å². The van der Waals surface area contributed by atoms with Crippen LogP contribution >= 0.6 is 15.9 Å². The molecule has 1 atom stereocenters. The summed E-state index contributed by atoms with van der Waals surface area (Å²) in [6, 6.07) is 7.02. The number of ether oxygens (including phenoxy) is 1. The Morgan fingerprint density at radius 3 is 2.68 bits per heavy atom. The van der Waals surface area contributed by atoms with Gasteiger partial charge in [-0.3, -0.25) is 0 Å². The van der Waals surface area contributed by atoms with Crippen molar-refractivity contribution in [3.05, 3.63) is 28.2 Å². The molecular weight excluding hydrogens is 302 g/mol. The monoisotopic (exact) mass is 327 g/mol. The second-order valence-electron chi connectivity index (χ2n) is 4.92. The lowest BCUT2D eigenvalue weighted by Gasteiger charge is -2.16. The van der Waals surface area contributed by atoms with E-state index in [0.29, 0.717) is 6.04 Å². The lowest BCUT2D eigenvalue weighted by atomic mass is 10.0. The molecule has 1 aromatic carbocycles. The van der Waals surface area contributed by atoms with E-state index < -0.39 is 0 Å². The van der Waals surface area contributed by atoms with E-state index in [1.165, 1.54) is 31.2 Å². The Hall–Kier alpha value is -0.540. The van der Waals surface area contributed by atoms with Crippen LogP contribution in [0.4, 0.5) is 0 Å². The van der Waals surface area contributed by atoms with Crippen molar-refractivity contribution in [1.82, 2.24) is 5.32 Å². The highest BCUT2D eigenvalue weighted by molar-refractivity contribution is 9.10. The van der Waals surface area contributed by atoms with Gasteiger partial charge in [0.1, 0.15) is 5.75 Å². The maximum absolute atomic E-state index is 5.25. The second kappa shape index (κ2) is 9.38. The first-order valence-corrected chi connectivity index (χ1v) is 8.06. The molecule has 0 aliphatic heterocycles. The van der Waals surface area contributed by atoms with Gasteiger partial charge in [0.2, 0.25) is 0 Å². The molecule has 0 heterocycles. The fraction of sp³-hybridized carbons (Fsp3) is 0.625. The first-order chi connectivity index (χ1) is 9.21. The molecule has 0 saturated carbocycles. The molecule has 1 aromatic rings. The van der Waals surface area contributed by atoms with Gasteiger partial charge in [-0.1, -0.05) is 19.9 Å². The fourth-order valence-electron chi connectivity index (χ4n) is 2.22. The molecule has 1 N–H and O–H groups in total. The lowest BCUT2D eigenvalue weighted by molar-refractivity contribution is 0.412. The van der Waals surface area contributed by atoms with Crippen molar-refractivity contribution in [3.8, 4) is 5.75 Å². The van der Waals surface area contributed by atoms with E-state index in [2.05, 4.69) is 47.2 Å². The quantitative estimate of drug-likeness (QED) is 0.717. The van der Waals surface area contributed by atoms with Gasteiger partial charge in [0.25, 0.3) is 0 Å². The largest absolute Gasteiger partial charge is 0.496 e. The molecule has 1 rings (SSSR count). The van der Waals surface area contributed by atoms with E-state index in [1.807, 2.05) is 6.07 Å². The van der Waals surface area contributed by atoms with Crippen LogP contribution in [0.1, 0.15) is 45.1 Å². The molecular formula is C16H26BrNO. The fourth-order valence-corrected chi connectivity index (χ4v) is 2.81. The van der Waals surface area contributed by atoms with Gasteiger partial charge in [-0.25, -0.2) is 0 Å². The van der Waals surface area contributed by atoms with Crippen molar-refractivity contribution in [1.29, 1.82) is 0 Å². The Balaban J connectivity index is 2.37. The Morgan fingerprint density at radius 1 is 1.32 bits per heavy atom. The van der Waals surface area contributed by atoms with Crippen LogP contribution in [0.15, 0.2) is 22.7 Å². The van der Waals surface area contributed by atoms with Crippen LogP contribution in [0, 0.1) is 0 Å². The Kier molecular flexibility index (Phi) is 8.15. The van der Waals surface area contributed by atoms with E-state index in [1.54, 1.807) is 7.11 Å². The molecule has 19 heavy (non-hydrogen) atoms. The third-order valence-corrected chi connectivity index (χ3v) is 4.03. The number of hydrogen-bond acceptors (Lipinski definition) is 2. The molecule has 3 heteroatoms. The van der Waals surface area contributed by atoms with Gasteiger partial charge in [0.05, 0.1) is 11.6 Å². The average molecular weight is 328 g/mol. The highest BCUT2D eigenvalue weighted by Crippen LogP contribution is 2.26. The molecule has 0 aromatic heterocycles. The highest BCUT2D eigenvalue weighted by atomic mass is 79.9. The number of benzene rings is 1. The third kappa shape index (κ3) is 5.96. The van der Waals surface area contributed by atoms with Crippen molar-refractivity contribution in [2.45, 2.75) is 52.0 Å². The van der Waals surface area contributed by atoms with Gasteiger partial charge >= 0.3 is 0 Å². The zero-order valence-corrected chi connectivity index (χ0v) is 13.9. The summed E-state index contributed by atoms with van der Waals surface area (Å²) in [5.74, 6) is 0.903. The number of rotatable bonds is 9. The molecule has 0 aliphatic rings. The van der Waals surface area contributed by atoms with Crippen LogP contribution < -0.4 is 10.1 Å². The zero-order valence-electron chi connectivity index (χ0n) is 12.3. The normalized spacial score (nSPS) is 12.4. The Bertz CT molecular complexity index is 368.